The topological polar surface area (TPSA) is 12.9 Å². The Morgan fingerprint density at radius 3 is 2.27 bits per heavy atom. The molecule has 0 N–H and O–H groups in total. The summed E-state index contributed by atoms with van der Waals surface area (Å²) in [6.07, 6.45) is -2.75. The maximum absolute atomic E-state index is 12.4. The molecule has 1 nitrogen and oxygen atoms in total. The summed E-state index contributed by atoms with van der Waals surface area (Å²) in [7, 11) is 0. The Bertz CT molecular complexity index is 331. The fraction of sp³-hybridized carbons (Fsp3) is 0.545. The van der Waals surface area contributed by atoms with Crippen molar-refractivity contribution in [3.05, 3.63) is 29.6 Å². The highest BCUT2D eigenvalue weighted by atomic mass is 19.4. The predicted molar refractivity (Wildman–Crippen MR) is 52.8 cm³/mol. The van der Waals surface area contributed by atoms with E-state index < -0.39 is 12.1 Å². The van der Waals surface area contributed by atoms with Crippen molar-refractivity contribution in [3.63, 3.8) is 0 Å². The van der Waals surface area contributed by atoms with Crippen LogP contribution in [0.1, 0.15) is 43.9 Å². The van der Waals surface area contributed by atoms with Gasteiger partial charge < -0.3 is 0 Å². The summed E-state index contributed by atoms with van der Waals surface area (Å²) in [5.74, 6) is -1.29. The van der Waals surface area contributed by atoms with Crippen LogP contribution in [0.15, 0.2) is 18.3 Å². The number of rotatable bonds is 2. The molecule has 1 aromatic rings. The summed E-state index contributed by atoms with van der Waals surface area (Å²) in [5.41, 5.74) is 0.977. The van der Waals surface area contributed by atoms with Gasteiger partial charge in [-0.1, -0.05) is 13.8 Å². The van der Waals surface area contributed by atoms with Gasteiger partial charge in [-0.2, -0.15) is 13.2 Å². The smallest absolute Gasteiger partial charge is 0.261 e. The van der Waals surface area contributed by atoms with Gasteiger partial charge in [0.05, 0.1) is 5.92 Å². The second-order valence-corrected chi connectivity index (χ2v) is 3.93. The summed E-state index contributed by atoms with van der Waals surface area (Å²) >= 11 is 0. The van der Waals surface area contributed by atoms with Crippen molar-refractivity contribution in [1.82, 2.24) is 4.98 Å². The number of pyridine rings is 1. The Morgan fingerprint density at radius 2 is 1.80 bits per heavy atom. The zero-order valence-corrected chi connectivity index (χ0v) is 8.97. The molecule has 1 atom stereocenters. The molecule has 1 rings (SSSR count). The van der Waals surface area contributed by atoms with Crippen LogP contribution in [0, 0.1) is 0 Å². The van der Waals surface area contributed by atoms with E-state index >= 15 is 0 Å². The number of aromatic nitrogens is 1. The molecule has 4 heteroatoms. The van der Waals surface area contributed by atoms with Gasteiger partial charge in [-0.25, -0.2) is 0 Å². The standard InChI is InChI=1S/C11H14F3N/c1-7(2)10-6-9(4-5-15-10)8(3)11(12,13)14/h4-8H,1-3H3. The van der Waals surface area contributed by atoms with Crippen molar-refractivity contribution >= 4 is 0 Å². The van der Waals surface area contributed by atoms with Crippen LogP contribution in [-0.4, -0.2) is 11.2 Å². The molecule has 0 bridgehead atoms. The second-order valence-electron chi connectivity index (χ2n) is 3.93. The van der Waals surface area contributed by atoms with E-state index in [1.54, 1.807) is 0 Å². The Labute approximate surface area is 87.3 Å². The first-order valence-electron chi connectivity index (χ1n) is 4.85. The molecule has 0 radical (unpaired) electrons. The van der Waals surface area contributed by atoms with Gasteiger partial charge in [-0.3, -0.25) is 4.98 Å². The van der Waals surface area contributed by atoms with Crippen LogP contribution in [0.3, 0.4) is 0 Å². The van der Waals surface area contributed by atoms with E-state index in [1.165, 1.54) is 25.3 Å². The lowest BCUT2D eigenvalue weighted by Crippen LogP contribution is -2.18. The van der Waals surface area contributed by atoms with Gasteiger partial charge >= 0.3 is 6.18 Å². The van der Waals surface area contributed by atoms with E-state index in [0.717, 1.165) is 0 Å². The van der Waals surface area contributed by atoms with Gasteiger partial charge in [0.15, 0.2) is 0 Å². The van der Waals surface area contributed by atoms with Crippen molar-refractivity contribution in [2.45, 2.75) is 38.8 Å². The lowest BCUT2D eigenvalue weighted by molar-refractivity contribution is -0.146. The molecule has 0 saturated carbocycles. The van der Waals surface area contributed by atoms with Crippen LogP contribution in [0.2, 0.25) is 0 Å². The minimum atomic E-state index is -4.18. The fourth-order valence-electron chi connectivity index (χ4n) is 1.24. The average molecular weight is 217 g/mol. The first-order chi connectivity index (χ1) is 6.82. The van der Waals surface area contributed by atoms with Crippen LogP contribution in [0.5, 0.6) is 0 Å². The molecule has 0 saturated heterocycles. The molecular weight excluding hydrogens is 203 g/mol. The third-order valence-electron chi connectivity index (χ3n) is 2.39. The molecule has 0 aliphatic carbocycles. The Morgan fingerprint density at radius 1 is 1.20 bits per heavy atom. The number of halogens is 3. The highest BCUT2D eigenvalue weighted by Crippen LogP contribution is 2.34. The van der Waals surface area contributed by atoms with Crippen molar-refractivity contribution in [1.29, 1.82) is 0 Å². The molecule has 1 aromatic heterocycles. The van der Waals surface area contributed by atoms with Crippen molar-refractivity contribution < 1.29 is 13.2 Å². The number of hydrogen-bond acceptors (Lipinski definition) is 1. The second kappa shape index (κ2) is 4.21. The third kappa shape index (κ3) is 2.94. The molecule has 0 amide bonds. The van der Waals surface area contributed by atoms with E-state index in [2.05, 4.69) is 4.98 Å². The summed E-state index contributed by atoms with van der Waals surface area (Å²) < 4.78 is 37.3. The minimum Gasteiger partial charge on any atom is -0.261 e. The molecule has 0 aliphatic heterocycles. The molecule has 1 heterocycles. The molecular formula is C11H14F3N. The molecule has 1 unspecified atom stereocenters. The van der Waals surface area contributed by atoms with E-state index in [0.29, 0.717) is 5.69 Å². The monoisotopic (exact) mass is 217 g/mol. The molecule has 0 fully saturated rings. The maximum atomic E-state index is 12.4. The van der Waals surface area contributed by atoms with Gasteiger partial charge in [-0.05, 0) is 30.5 Å². The van der Waals surface area contributed by atoms with E-state index in [1.807, 2.05) is 13.8 Å². The normalized spacial score (nSPS) is 14.3. The van der Waals surface area contributed by atoms with Gasteiger partial charge in [0, 0.05) is 11.9 Å². The average Bonchev–Trinajstić information content (AvgIpc) is 2.15. The zero-order chi connectivity index (χ0) is 11.6. The molecule has 0 aromatic carbocycles. The Hall–Kier alpha value is -1.06. The van der Waals surface area contributed by atoms with Crippen molar-refractivity contribution in [3.8, 4) is 0 Å². The summed E-state index contributed by atoms with van der Waals surface area (Å²) in [5, 5.41) is 0. The van der Waals surface area contributed by atoms with Crippen molar-refractivity contribution in [2.75, 3.05) is 0 Å². The Kier molecular flexibility index (Phi) is 3.37. The third-order valence-corrected chi connectivity index (χ3v) is 2.39. The quantitative estimate of drug-likeness (QED) is 0.732. The van der Waals surface area contributed by atoms with Crippen LogP contribution in [0.25, 0.3) is 0 Å². The Balaban J connectivity index is 3.00. The summed E-state index contributed by atoms with van der Waals surface area (Å²) in [6.45, 7) is 4.98. The zero-order valence-electron chi connectivity index (χ0n) is 8.97. The molecule has 0 aliphatic rings. The van der Waals surface area contributed by atoms with Gasteiger partial charge in [0.2, 0.25) is 0 Å². The first-order valence-corrected chi connectivity index (χ1v) is 4.85. The summed E-state index contributed by atoms with van der Waals surface area (Å²) in [4.78, 5) is 4.04. The molecule has 15 heavy (non-hydrogen) atoms. The van der Waals surface area contributed by atoms with Gasteiger partial charge in [0.1, 0.15) is 0 Å². The van der Waals surface area contributed by atoms with Gasteiger partial charge in [-0.15, -0.1) is 0 Å². The minimum absolute atomic E-state index is 0.144. The summed E-state index contributed by atoms with van der Waals surface area (Å²) in [6, 6.07) is 2.95. The number of nitrogens with zero attached hydrogens (tertiary/aromatic N) is 1. The number of hydrogen-bond donors (Lipinski definition) is 0. The highest BCUT2D eigenvalue weighted by Gasteiger charge is 2.37. The largest absolute Gasteiger partial charge is 0.395 e. The van der Waals surface area contributed by atoms with Crippen molar-refractivity contribution in [2.24, 2.45) is 0 Å². The van der Waals surface area contributed by atoms with Gasteiger partial charge in [0.25, 0.3) is 0 Å². The van der Waals surface area contributed by atoms with E-state index in [9.17, 15) is 13.2 Å². The highest BCUT2D eigenvalue weighted by molar-refractivity contribution is 5.22. The first kappa shape index (κ1) is 12.0. The van der Waals surface area contributed by atoms with Crippen LogP contribution in [0.4, 0.5) is 13.2 Å². The SMILES string of the molecule is CC(C)c1cc(C(C)C(F)(F)F)ccn1. The number of alkyl halides is 3. The molecule has 0 spiro atoms. The maximum Gasteiger partial charge on any atom is 0.395 e. The van der Waals surface area contributed by atoms with E-state index in [-0.39, 0.29) is 11.5 Å². The lowest BCUT2D eigenvalue weighted by atomic mass is 9.98. The fourth-order valence-corrected chi connectivity index (χ4v) is 1.24. The van der Waals surface area contributed by atoms with Crippen LogP contribution < -0.4 is 0 Å². The van der Waals surface area contributed by atoms with Crippen LogP contribution >= 0.6 is 0 Å². The lowest BCUT2D eigenvalue weighted by Gasteiger charge is -2.16. The van der Waals surface area contributed by atoms with Crippen LogP contribution in [-0.2, 0) is 0 Å². The molecule has 84 valence electrons. The van der Waals surface area contributed by atoms with E-state index in [4.69, 9.17) is 0 Å². The predicted octanol–water partition coefficient (Wildman–Crippen LogP) is 3.87.